The number of benzene rings is 2. The molecule has 2 amide bonds. The van der Waals surface area contributed by atoms with E-state index in [1.807, 2.05) is 0 Å². The van der Waals surface area contributed by atoms with Crippen molar-refractivity contribution in [3.63, 3.8) is 0 Å². The number of carbonyl (C=O) groups excluding carboxylic acids is 3. The van der Waals surface area contributed by atoms with Crippen LogP contribution >= 0.6 is 19.2 Å². The van der Waals surface area contributed by atoms with E-state index in [2.05, 4.69) is 5.32 Å². The van der Waals surface area contributed by atoms with Gasteiger partial charge in [0, 0.05) is 30.1 Å². The van der Waals surface area contributed by atoms with Crippen molar-refractivity contribution in [3.05, 3.63) is 64.6 Å². The number of aromatic nitrogens is 1. The van der Waals surface area contributed by atoms with Crippen LogP contribution in [0.1, 0.15) is 22.3 Å². The number of rotatable bonds is 7. The first-order valence-electron chi connectivity index (χ1n) is 11.3. The molecule has 1 saturated heterocycles. The monoisotopic (exact) mass is 569 g/mol. The molecule has 4 rings (SSSR count). The number of hydrogen-bond donors (Lipinski definition) is 3. The molecule has 2 unspecified atom stereocenters. The third kappa shape index (κ3) is 5.58. The smallest absolute Gasteiger partial charge is 0.356 e. The highest BCUT2D eigenvalue weighted by Crippen LogP contribution is 2.35. The zero-order chi connectivity index (χ0) is 27.8. The minimum atomic E-state index is -4.65. The Morgan fingerprint density at radius 2 is 1.97 bits per heavy atom. The fourth-order valence-corrected chi connectivity index (χ4v) is 5.15. The highest BCUT2D eigenvalue weighted by Gasteiger charge is 2.40. The van der Waals surface area contributed by atoms with Crippen molar-refractivity contribution in [2.24, 2.45) is 0 Å². The molecule has 0 saturated carbocycles. The number of halogens is 3. The molecule has 38 heavy (non-hydrogen) atoms. The van der Waals surface area contributed by atoms with Crippen LogP contribution in [0.4, 0.5) is 8.78 Å². The lowest BCUT2D eigenvalue weighted by Gasteiger charge is -2.24. The van der Waals surface area contributed by atoms with E-state index in [0.29, 0.717) is 0 Å². The molecule has 1 aliphatic rings. The molecule has 3 N–H and O–H groups in total. The second-order valence-corrected chi connectivity index (χ2v) is 10.7. The first kappa shape index (κ1) is 27.7. The third-order valence-corrected chi connectivity index (χ3v) is 7.51. The maximum atomic E-state index is 14.4. The van der Waals surface area contributed by atoms with Gasteiger partial charge in [0.05, 0.1) is 35.1 Å². The van der Waals surface area contributed by atoms with Gasteiger partial charge in [0.25, 0.3) is 0 Å². The van der Waals surface area contributed by atoms with Crippen LogP contribution in [-0.2, 0) is 32.0 Å². The van der Waals surface area contributed by atoms with Gasteiger partial charge in [-0.3, -0.25) is 14.2 Å². The lowest BCUT2D eigenvalue weighted by Crippen LogP contribution is -2.46. The van der Waals surface area contributed by atoms with E-state index >= 15 is 0 Å². The number of fused-ring (bicyclic) bond motifs is 1. The predicted octanol–water partition coefficient (Wildman–Crippen LogP) is 2.28. The number of alkyl halides is 1. The molecule has 0 aliphatic carbocycles. The maximum Gasteiger partial charge on any atom is 0.356 e. The van der Waals surface area contributed by atoms with Crippen LogP contribution in [0, 0.1) is 5.82 Å². The van der Waals surface area contributed by atoms with Crippen molar-refractivity contribution in [2.75, 3.05) is 13.7 Å². The summed E-state index contributed by atoms with van der Waals surface area (Å²) in [6.07, 6.45) is -0.457. The summed E-state index contributed by atoms with van der Waals surface area (Å²) in [6.45, 7) is -1.05. The molecule has 0 bridgehead atoms. The summed E-state index contributed by atoms with van der Waals surface area (Å²) in [7, 11) is -3.49. The number of nitrogens with zero attached hydrogens (tertiary/aromatic N) is 2. The Hall–Kier alpha value is -3.31. The molecule has 2 heterocycles. The van der Waals surface area contributed by atoms with Gasteiger partial charge in [-0.05, 0) is 18.2 Å². The van der Waals surface area contributed by atoms with Crippen molar-refractivity contribution in [2.45, 2.75) is 31.7 Å². The highest BCUT2D eigenvalue weighted by molar-refractivity contribution is 7.60. The number of ether oxygens (including phenoxy) is 1. The van der Waals surface area contributed by atoms with Crippen molar-refractivity contribution >= 4 is 53.2 Å². The number of carbonyl (C=O) groups is 3. The van der Waals surface area contributed by atoms with E-state index < -0.39 is 50.0 Å². The minimum absolute atomic E-state index is 0.0511. The summed E-state index contributed by atoms with van der Waals surface area (Å²) < 4.78 is 46.3. The summed E-state index contributed by atoms with van der Waals surface area (Å²) in [5, 5.41) is 2.34. The Balaban J connectivity index is 1.58. The fraction of sp³-hybridized carbons (Fsp3) is 0.292. The molecular weight excluding hydrogens is 547 g/mol. The number of amides is 2. The molecular formula is C24H23ClF2N3O7P. The molecule has 1 aromatic heterocycles. The molecule has 0 spiro atoms. The largest absolute Gasteiger partial charge is 0.465 e. The van der Waals surface area contributed by atoms with Gasteiger partial charge in [-0.15, -0.1) is 0 Å². The Morgan fingerprint density at radius 1 is 1.24 bits per heavy atom. The number of methoxy groups -OCH3 is 1. The van der Waals surface area contributed by atoms with Gasteiger partial charge in [-0.2, -0.15) is 0 Å². The number of hydrogen-bond acceptors (Lipinski definition) is 5. The Labute approximate surface area is 220 Å². The molecule has 14 heteroatoms. The fourth-order valence-electron chi connectivity index (χ4n) is 4.40. The van der Waals surface area contributed by atoms with Gasteiger partial charge in [-0.25, -0.2) is 13.6 Å². The van der Waals surface area contributed by atoms with Crippen LogP contribution in [0.3, 0.4) is 0 Å². The summed E-state index contributed by atoms with van der Waals surface area (Å²) in [6, 6.07) is 6.77. The molecule has 202 valence electrons. The van der Waals surface area contributed by atoms with Gasteiger partial charge in [0.15, 0.2) is 0 Å². The topological polar surface area (TPSA) is 138 Å². The van der Waals surface area contributed by atoms with Crippen molar-refractivity contribution in [1.82, 2.24) is 14.8 Å². The standard InChI is InChI=1S/C24H23ClF2N3O7P/c1-37-24(33)17-11-29(19-8-15(38(34,35)36)5-6-16(17)19)12-21(31)30-10-14(26)7-20(30)23(32)28-9-13-3-2-4-18(25)22(13)27/h2-6,8,11,14,20H,7,9-10,12H2,1H3,(H,28,32)(H2,34,35,36). The Bertz CT molecular complexity index is 1470. The molecule has 2 atom stereocenters. The van der Waals surface area contributed by atoms with E-state index in [0.717, 1.165) is 18.1 Å². The van der Waals surface area contributed by atoms with Crippen LogP contribution in [0.25, 0.3) is 10.9 Å². The number of esters is 1. The molecule has 1 fully saturated rings. The summed E-state index contributed by atoms with van der Waals surface area (Å²) in [4.78, 5) is 58.5. The Morgan fingerprint density at radius 3 is 2.66 bits per heavy atom. The van der Waals surface area contributed by atoms with E-state index in [9.17, 15) is 37.5 Å². The van der Waals surface area contributed by atoms with Crippen molar-refractivity contribution in [3.8, 4) is 0 Å². The van der Waals surface area contributed by atoms with Gasteiger partial charge < -0.3 is 29.3 Å². The molecule has 0 radical (unpaired) electrons. The van der Waals surface area contributed by atoms with Gasteiger partial charge in [0.1, 0.15) is 24.6 Å². The van der Waals surface area contributed by atoms with E-state index in [1.165, 1.54) is 41.1 Å². The summed E-state index contributed by atoms with van der Waals surface area (Å²) >= 11 is 5.76. The summed E-state index contributed by atoms with van der Waals surface area (Å²) in [5.74, 6) is -2.79. The van der Waals surface area contributed by atoms with Gasteiger partial charge >= 0.3 is 13.6 Å². The van der Waals surface area contributed by atoms with Crippen molar-refractivity contribution < 1.29 is 42.3 Å². The van der Waals surface area contributed by atoms with Crippen LogP contribution in [0.5, 0.6) is 0 Å². The predicted molar refractivity (Wildman–Crippen MR) is 133 cm³/mol. The molecule has 3 aromatic rings. The van der Waals surface area contributed by atoms with Crippen LogP contribution in [-0.4, -0.2) is 62.9 Å². The van der Waals surface area contributed by atoms with Gasteiger partial charge in [0.2, 0.25) is 11.8 Å². The maximum absolute atomic E-state index is 14.4. The molecule has 10 nitrogen and oxygen atoms in total. The SMILES string of the molecule is COC(=O)c1cn(CC(=O)N2CC(F)CC2C(=O)NCc2cccc(Cl)c2F)c2cc(P(=O)(O)O)ccc12. The zero-order valence-electron chi connectivity index (χ0n) is 19.9. The van der Waals surface area contributed by atoms with E-state index in [1.54, 1.807) is 0 Å². The zero-order valence-corrected chi connectivity index (χ0v) is 21.6. The molecule has 1 aliphatic heterocycles. The first-order chi connectivity index (χ1) is 17.9. The number of likely N-dealkylation sites (tertiary alicyclic amines) is 1. The number of nitrogens with one attached hydrogen (secondary N) is 1. The quantitative estimate of drug-likeness (QED) is 0.293. The van der Waals surface area contributed by atoms with Crippen LogP contribution < -0.4 is 10.6 Å². The van der Waals surface area contributed by atoms with E-state index in [4.69, 9.17) is 16.3 Å². The Kier molecular flexibility index (Phi) is 7.89. The van der Waals surface area contributed by atoms with Crippen LogP contribution in [0.15, 0.2) is 42.6 Å². The lowest BCUT2D eigenvalue weighted by atomic mass is 10.1. The summed E-state index contributed by atoms with van der Waals surface area (Å²) in [5.41, 5.74) is 0.330. The molecule has 2 aromatic carbocycles. The minimum Gasteiger partial charge on any atom is -0.465 e. The third-order valence-electron chi connectivity index (χ3n) is 6.27. The lowest BCUT2D eigenvalue weighted by molar-refractivity contribution is -0.139. The second kappa shape index (κ2) is 10.8. The average Bonchev–Trinajstić information content (AvgIpc) is 3.44. The van der Waals surface area contributed by atoms with Crippen LogP contribution in [0.2, 0.25) is 5.02 Å². The first-order valence-corrected chi connectivity index (χ1v) is 13.3. The van der Waals surface area contributed by atoms with Crippen molar-refractivity contribution in [1.29, 1.82) is 0 Å². The normalized spacial score (nSPS) is 17.6. The van der Waals surface area contributed by atoms with E-state index in [-0.39, 0.29) is 51.9 Å². The average molecular weight is 570 g/mol. The van der Waals surface area contributed by atoms with Gasteiger partial charge in [-0.1, -0.05) is 29.8 Å². The highest BCUT2D eigenvalue weighted by atomic mass is 35.5. The second-order valence-electron chi connectivity index (χ2n) is 8.73.